The molecule has 3 amide bonds. The molecule has 1 atom stereocenters. The molecular weight excluding hydrogens is 481 g/mol. The third kappa shape index (κ3) is 5.28. The van der Waals surface area contributed by atoms with Gasteiger partial charge in [-0.2, -0.15) is 0 Å². The average Bonchev–Trinajstić information content (AvgIpc) is 3.31. The molecule has 2 heterocycles. The van der Waals surface area contributed by atoms with Gasteiger partial charge in [0.25, 0.3) is 11.8 Å². The van der Waals surface area contributed by atoms with E-state index in [-0.39, 0.29) is 28.6 Å². The Hall–Kier alpha value is -4.05. The van der Waals surface area contributed by atoms with Crippen molar-refractivity contribution in [3.05, 3.63) is 80.8 Å². The number of rotatable bonds is 7. The minimum Gasteiger partial charge on any atom is -0.398 e. The van der Waals surface area contributed by atoms with Gasteiger partial charge in [0.15, 0.2) is 0 Å². The first-order valence-corrected chi connectivity index (χ1v) is 12.3. The van der Waals surface area contributed by atoms with Crippen LogP contribution < -0.4 is 16.4 Å². The number of thiophene rings is 1. The van der Waals surface area contributed by atoms with Gasteiger partial charge in [0.1, 0.15) is 11.9 Å². The number of nitrogens with zero attached hydrogens (tertiary/aromatic N) is 1. The molecule has 0 saturated carbocycles. The molecule has 3 aromatic rings. The second kappa shape index (κ2) is 10.7. The van der Waals surface area contributed by atoms with Crippen LogP contribution in [0.3, 0.4) is 0 Å². The number of para-hydroxylation sites is 1. The summed E-state index contributed by atoms with van der Waals surface area (Å²) in [6.07, 6.45) is 1.86. The number of hydrogen-bond donors (Lipinski definition) is 4. The highest BCUT2D eigenvalue weighted by atomic mass is 32.1. The topological polar surface area (TPSA) is 128 Å². The fraction of sp³-hybridized carbons (Fsp3) is 0.231. The normalized spacial score (nSPS) is 13.4. The molecule has 8 nitrogen and oxygen atoms in total. The minimum atomic E-state index is -0.848. The van der Waals surface area contributed by atoms with E-state index >= 15 is 0 Å². The number of nitrogens with two attached hydrogens (primary N) is 1. The van der Waals surface area contributed by atoms with Crippen LogP contribution in [-0.4, -0.2) is 41.4 Å². The molecule has 36 heavy (non-hydrogen) atoms. The molecule has 0 unspecified atom stereocenters. The Bertz CT molecular complexity index is 1320. The fourth-order valence-electron chi connectivity index (χ4n) is 4.05. The second-order valence-corrected chi connectivity index (χ2v) is 9.57. The predicted octanol–water partition coefficient (Wildman–Crippen LogP) is 3.81. The van der Waals surface area contributed by atoms with Crippen molar-refractivity contribution in [3.8, 4) is 0 Å². The quantitative estimate of drug-likeness (QED) is 0.286. The predicted molar refractivity (Wildman–Crippen MR) is 138 cm³/mol. The first kappa shape index (κ1) is 25.1. The molecular formula is C26H26FN5O3S. The van der Waals surface area contributed by atoms with E-state index in [1.807, 2.05) is 30.3 Å². The summed E-state index contributed by atoms with van der Waals surface area (Å²) in [7, 11) is 0. The lowest BCUT2D eigenvalue weighted by atomic mass is 10.1. The molecule has 0 spiro atoms. The van der Waals surface area contributed by atoms with Crippen molar-refractivity contribution in [2.45, 2.75) is 32.4 Å². The molecule has 0 aliphatic carbocycles. The van der Waals surface area contributed by atoms with Gasteiger partial charge in [-0.05, 0) is 48.7 Å². The number of carbonyl (C=O) groups excluding carboxylic acids is 3. The van der Waals surface area contributed by atoms with E-state index in [4.69, 9.17) is 11.1 Å². The number of halogens is 1. The van der Waals surface area contributed by atoms with Crippen LogP contribution in [0, 0.1) is 11.2 Å². The van der Waals surface area contributed by atoms with Crippen molar-refractivity contribution >= 4 is 46.6 Å². The molecule has 0 saturated heterocycles. The number of nitrogen functional groups attached to an aromatic ring is 1. The highest BCUT2D eigenvalue weighted by Crippen LogP contribution is 2.29. The smallest absolute Gasteiger partial charge is 0.265 e. The highest BCUT2D eigenvalue weighted by molar-refractivity contribution is 7.14. The van der Waals surface area contributed by atoms with Crippen LogP contribution in [0.2, 0.25) is 0 Å². The lowest BCUT2D eigenvalue weighted by molar-refractivity contribution is -0.134. The van der Waals surface area contributed by atoms with Gasteiger partial charge in [-0.25, -0.2) is 4.39 Å². The summed E-state index contributed by atoms with van der Waals surface area (Å²) in [5, 5.41) is 12.9. The maximum absolute atomic E-state index is 14.4. The molecule has 1 aliphatic rings. The Morgan fingerprint density at radius 1 is 1.19 bits per heavy atom. The molecule has 0 fully saturated rings. The van der Waals surface area contributed by atoms with E-state index in [0.717, 1.165) is 22.7 Å². The van der Waals surface area contributed by atoms with Crippen LogP contribution in [0.5, 0.6) is 0 Å². The zero-order valence-corrected chi connectivity index (χ0v) is 20.5. The average molecular weight is 508 g/mol. The van der Waals surface area contributed by atoms with E-state index in [9.17, 15) is 18.8 Å². The summed E-state index contributed by atoms with van der Waals surface area (Å²) in [6, 6.07) is 12.3. The molecule has 10 heteroatoms. The highest BCUT2D eigenvalue weighted by Gasteiger charge is 2.30. The van der Waals surface area contributed by atoms with Gasteiger partial charge in [0, 0.05) is 41.1 Å². The van der Waals surface area contributed by atoms with Crippen molar-refractivity contribution in [2.24, 2.45) is 0 Å². The standard InChI is InChI=1S/C26H26FN5O3S/c1-2-21(31-24(33)18-10-15(13-28)20(29)12-19(18)27)26(35)32-9-8-22-16(14-32)11-23(36-22)25(34)30-17-6-4-3-5-7-17/h3-7,10-13,21,28H,2,8-9,14,29H2,1H3,(H,30,34)(H,31,33)/t21-/m1/s1. The summed E-state index contributed by atoms with van der Waals surface area (Å²) in [5.41, 5.74) is 7.27. The van der Waals surface area contributed by atoms with Gasteiger partial charge in [-0.15, -0.1) is 11.3 Å². The number of nitrogens with one attached hydrogen (secondary N) is 3. The summed E-state index contributed by atoms with van der Waals surface area (Å²) >= 11 is 1.41. The number of carbonyl (C=O) groups is 3. The molecule has 1 aromatic heterocycles. The van der Waals surface area contributed by atoms with Gasteiger partial charge in [0.05, 0.1) is 10.4 Å². The SMILES string of the molecule is CC[C@@H](NC(=O)c1cc(C=N)c(N)cc1F)C(=O)N1CCc2sc(C(=O)Nc3ccccc3)cc2C1. The zero-order valence-electron chi connectivity index (χ0n) is 19.6. The monoisotopic (exact) mass is 507 g/mol. The van der Waals surface area contributed by atoms with Crippen molar-refractivity contribution in [2.75, 3.05) is 17.6 Å². The molecule has 0 radical (unpaired) electrons. The lowest BCUT2D eigenvalue weighted by Crippen LogP contribution is -2.49. The summed E-state index contributed by atoms with van der Waals surface area (Å²) in [5.74, 6) is -2.04. The van der Waals surface area contributed by atoms with Gasteiger partial charge >= 0.3 is 0 Å². The fourth-order valence-corrected chi connectivity index (χ4v) is 5.10. The number of amides is 3. The van der Waals surface area contributed by atoms with Crippen LogP contribution >= 0.6 is 11.3 Å². The summed E-state index contributed by atoms with van der Waals surface area (Å²) < 4.78 is 14.4. The molecule has 1 aliphatic heterocycles. The Labute approximate surface area is 211 Å². The van der Waals surface area contributed by atoms with Crippen molar-refractivity contribution in [1.29, 1.82) is 5.41 Å². The Morgan fingerprint density at radius 2 is 1.94 bits per heavy atom. The summed E-state index contributed by atoms with van der Waals surface area (Å²) in [6.45, 7) is 2.54. The molecule has 5 N–H and O–H groups in total. The van der Waals surface area contributed by atoms with Gasteiger partial charge in [0.2, 0.25) is 5.91 Å². The number of anilines is 2. The molecule has 2 aromatic carbocycles. The van der Waals surface area contributed by atoms with Gasteiger partial charge < -0.3 is 26.7 Å². The van der Waals surface area contributed by atoms with E-state index in [1.165, 1.54) is 17.4 Å². The minimum absolute atomic E-state index is 0.0545. The van der Waals surface area contributed by atoms with Crippen LogP contribution in [-0.2, 0) is 17.8 Å². The van der Waals surface area contributed by atoms with E-state index < -0.39 is 17.8 Å². The first-order valence-electron chi connectivity index (χ1n) is 11.5. The second-order valence-electron chi connectivity index (χ2n) is 8.43. The van der Waals surface area contributed by atoms with E-state index in [1.54, 1.807) is 17.9 Å². The number of hydrogen-bond acceptors (Lipinski definition) is 6. The van der Waals surface area contributed by atoms with Crippen LogP contribution in [0.1, 0.15) is 49.4 Å². The Morgan fingerprint density at radius 3 is 2.64 bits per heavy atom. The summed E-state index contributed by atoms with van der Waals surface area (Å²) in [4.78, 5) is 41.9. The van der Waals surface area contributed by atoms with Crippen molar-refractivity contribution in [1.82, 2.24) is 10.2 Å². The van der Waals surface area contributed by atoms with E-state index in [0.29, 0.717) is 36.5 Å². The first-order chi connectivity index (χ1) is 17.3. The number of fused-ring (bicyclic) bond motifs is 1. The largest absolute Gasteiger partial charge is 0.398 e. The maximum Gasteiger partial charge on any atom is 0.265 e. The molecule has 0 bridgehead atoms. The van der Waals surface area contributed by atoms with E-state index in [2.05, 4.69) is 10.6 Å². The third-order valence-corrected chi connectivity index (χ3v) is 7.25. The Balaban J connectivity index is 1.44. The van der Waals surface area contributed by atoms with Crippen molar-refractivity contribution in [3.63, 3.8) is 0 Å². The van der Waals surface area contributed by atoms with Crippen LogP contribution in [0.4, 0.5) is 15.8 Å². The van der Waals surface area contributed by atoms with Crippen LogP contribution in [0.15, 0.2) is 48.5 Å². The Kier molecular flexibility index (Phi) is 7.44. The number of benzene rings is 2. The van der Waals surface area contributed by atoms with Gasteiger partial charge in [-0.1, -0.05) is 25.1 Å². The zero-order chi connectivity index (χ0) is 25.8. The van der Waals surface area contributed by atoms with Crippen molar-refractivity contribution < 1.29 is 18.8 Å². The molecule has 4 rings (SSSR count). The van der Waals surface area contributed by atoms with Gasteiger partial charge in [-0.3, -0.25) is 14.4 Å². The molecule has 186 valence electrons. The third-order valence-electron chi connectivity index (χ3n) is 6.02. The maximum atomic E-state index is 14.4. The lowest BCUT2D eigenvalue weighted by Gasteiger charge is -2.30. The van der Waals surface area contributed by atoms with Crippen LogP contribution in [0.25, 0.3) is 0 Å².